The zero-order valence-electron chi connectivity index (χ0n) is 17.7. The number of thiazole rings is 1. The van der Waals surface area contributed by atoms with Crippen molar-refractivity contribution in [1.29, 1.82) is 0 Å². The molecule has 1 saturated heterocycles. The molecule has 0 radical (unpaired) electrons. The maximum Gasteiger partial charge on any atom is 0.258 e. The second-order valence-electron chi connectivity index (χ2n) is 7.75. The van der Waals surface area contributed by atoms with E-state index < -0.39 is 0 Å². The summed E-state index contributed by atoms with van der Waals surface area (Å²) in [5, 5.41) is 1.87. The number of aromatic nitrogens is 5. The van der Waals surface area contributed by atoms with E-state index in [9.17, 15) is 9.59 Å². The van der Waals surface area contributed by atoms with Gasteiger partial charge in [0.15, 0.2) is 4.96 Å². The maximum atomic E-state index is 12.2. The summed E-state index contributed by atoms with van der Waals surface area (Å²) < 4.78 is 1.57. The normalized spacial score (nSPS) is 14.8. The zero-order valence-corrected chi connectivity index (χ0v) is 18.5. The van der Waals surface area contributed by atoms with E-state index in [1.807, 2.05) is 24.4 Å². The van der Waals surface area contributed by atoms with Gasteiger partial charge >= 0.3 is 0 Å². The summed E-state index contributed by atoms with van der Waals surface area (Å²) in [6.07, 6.45) is 4.22. The predicted molar refractivity (Wildman–Crippen MR) is 124 cm³/mol. The van der Waals surface area contributed by atoms with Gasteiger partial charge in [0.1, 0.15) is 11.6 Å². The molecule has 0 aromatic carbocycles. The molecule has 0 amide bonds. The summed E-state index contributed by atoms with van der Waals surface area (Å²) in [6, 6.07) is 7.06. The minimum absolute atomic E-state index is 0.0329. The Morgan fingerprint density at radius 2 is 1.91 bits per heavy atom. The van der Waals surface area contributed by atoms with Crippen molar-refractivity contribution in [2.75, 3.05) is 31.1 Å². The second kappa shape index (κ2) is 8.64. The van der Waals surface area contributed by atoms with Gasteiger partial charge in [-0.25, -0.2) is 15.0 Å². The smallest absolute Gasteiger partial charge is 0.258 e. The van der Waals surface area contributed by atoms with E-state index in [1.54, 1.807) is 22.9 Å². The van der Waals surface area contributed by atoms with E-state index in [0.29, 0.717) is 18.8 Å². The number of anilines is 1. The predicted octanol–water partition coefficient (Wildman–Crippen LogP) is 1.79. The molecule has 9 nitrogen and oxygen atoms in total. The molecule has 0 unspecified atom stereocenters. The van der Waals surface area contributed by atoms with E-state index in [0.717, 1.165) is 53.9 Å². The van der Waals surface area contributed by atoms with Gasteiger partial charge < -0.3 is 9.88 Å². The van der Waals surface area contributed by atoms with Crippen molar-refractivity contribution in [1.82, 2.24) is 29.2 Å². The van der Waals surface area contributed by atoms with E-state index in [1.165, 1.54) is 17.4 Å². The molecule has 5 rings (SSSR count). The third-order valence-corrected chi connectivity index (χ3v) is 6.37. The quantitative estimate of drug-likeness (QED) is 0.496. The average molecular weight is 450 g/mol. The Morgan fingerprint density at radius 1 is 1.06 bits per heavy atom. The first kappa shape index (κ1) is 20.5. The van der Waals surface area contributed by atoms with Crippen molar-refractivity contribution in [2.45, 2.75) is 19.9 Å². The van der Waals surface area contributed by atoms with Gasteiger partial charge in [0.2, 0.25) is 0 Å². The van der Waals surface area contributed by atoms with Crippen LogP contribution in [0.15, 0.2) is 51.6 Å². The molecule has 0 saturated carbocycles. The Hall–Kier alpha value is -3.37. The highest BCUT2D eigenvalue weighted by Gasteiger charge is 2.19. The molecule has 4 aromatic heterocycles. The fraction of sp³-hybridized carbons (Fsp3) is 0.318. The van der Waals surface area contributed by atoms with Crippen LogP contribution in [-0.2, 0) is 13.0 Å². The lowest BCUT2D eigenvalue weighted by Crippen LogP contribution is -2.46. The number of H-pyrrole nitrogens is 1. The molecule has 164 valence electrons. The number of piperazine rings is 1. The van der Waals surface area contributed by atoms with E-state index in [-0.39, 0.29) is 11.1 Å². The molecule has 0 spiro atoms. The molecule has 32 heavy (non-hydrogen) atoms. The highest BCUT2D eigenvalue weighted by molar-refractivity contribution is 7.15. The van der Waals surface area contributed by atoms with Crippen LogP contribution < -0.4 is 16.0 Å². The summed E-state index contributed by atoms with van der Waals surface area (Å²) in [4.78, 5) is 45.8. The largest absolute Gasteiger partial charge is 0.354 e. The molecular formula is C22H23N7O2S. The highest BCUT2D eigenvalue weighted by atomic mass is 32.1. The Balaban J connectivity index is 1.23. The number of aromatic amines is 1. The van der Waals surface area contributed by atoms with Crippen LogP contribution in [0, 0.1) is 0 Å². The Kier molecular flexibility index (Phi) is 5.54. The number of aryl methyl sites for hydroxylation is 1. The summed E-state index contributed by atoms with van der Waals surface area (Å²) in [5.41, 5.74) is 2.18. The van der Waals surface area contributed by atoms with Crippen LogP contribution in [0.2, 0.25) is 0 Å². The molecule has 0 aliphatic carbocycles. The number of nitrogens with one attached hydrogen (secondary N) is 1. The fourth-order valence-electron chi connectivity index (χ4n) is 3.87. The van der Waals surface area contributed by atoms with Gasteiger partial charge in [-0.2, -0.15) is 0 Å². The fourth-order valence-corrected chi connectivity index (χ4v) is 4.61. The second-order valence-corrected chi connectivity index (χ2v) is 8.62. The highest BCUT2D eigenvalue weighted by Crippen LogP contribution is 2.19. The molecule has 1 N–H and O–H groups in total. The Labute approximate surface area is 188 Å². The number of rotatable bonds is 5. The van der Waals surface area contributed by atoms with Gasteiger partial charge in [0, 0.05) is 73.9 Å². The Bertz CT molecular complexity index is 1350. The first-order chi connectivity index (χ1) is 15.6. The van der Waals surface area contributed by atoms with Gasteiger partial charge in [0.25, 0.3) is 11.1 Å². The lowest BCUT2D eigenvalue weighted by molar-refractivity contribution is 0.246. The topological polar surface area (TPSA) is 99.5 Å². The molecular weight excluding hydrogens is 426 g/mol. The maximum absolute atomic E-state index is 12.2. The number of hydrogen-bond donors (Lipinski definition) is 1. The number of hydrogen-bond acceptors (Lipinski definition) is 8. The molecule has 5 heterocycles. The summed E-state index contributed by atoms with van der Waals surface area (Å²) in [7, 11) is 0. The molecule has 0 bridgehead atoms. The zero-order chi connectivity index (χ0) is 22.1. The van der Waals surface area contributed by atoms with Crippen molar-refractivity contribution < 1.29 is 0 Å². The monoisotopic (exact) mass is 449 g/mol. The lowest BCUT2D eigenvalue weighted by Gasteiger charge is -2.35. The van der Waals surface area contributed by atoms with E-state index in [2.05, 4.69) is 29.7 Å². The molecule has 10 heteroatoms. The van der Waals surface area contributed by atoms with Crippen LogP contribution in [0.3, 0.4) is 0 Å². The van der Waals surface area contributed by atoms with Crippen molar-refractivity contribution in [3.63, 3.8) is 0 Å². The summed E-state index contributed by atoms with van der Waals surface area (Å²) in [5.74, 6) is 1.45. The third kappa shape index (κ3) is 4.19. The van der Waals surface area contributed by atoms with Crippen molar-refractivity contribution in [3.8, 4) is 11.4 Å². The van der Waals surface area contributed by atoms with E-state index in [4.69, 9.17) is 0 Å². The molecule has 4 aromatic rings. The van der Waals surface area contributed by atoms with Crippen LogP contribution >= 0.6 is 11.3 Å². The molecule has 1 aliphatic heterocycles. The number of nitrogens with zero attached hydrogens (tertiary/aromatic N) is 6. The van der Waals surface area contributed by atoms with Gasteiger partial charge in [-0.15, -0.1) is 11.3 Å². The van der Waals surface area contributed by atoms with Crippen LogP contribution in [0.25, 0.3) is 16.3 Å². The third-order valence-electron chi connectivity index (χ3n) is 5.62. The van der Waals surface area contributed by atoms with Crippen LogP contribution in [-0.4, -0.2) is 55.4 Å². The molecule has 1 fully saturated rings. The van der Waals surface area contributed by atoms with Crippen molar-refractivity contribution in [3.05, 3.63) is 74.1 Å². The first-order valence-electron chi connectivity index (χ1n) is 10.6. The lowest BCUT2D eigenvalue weighted by atomic mass is 10.2. The minimum atomic E-state index is -0.151. The first-order valence-corrected chi connectivity index (χ1v) is 11.5. The van der Waals surface area contributed by atoms with Crippen molar-refractivity contribution in [2.24, 2.45) is 0 Å². The van der Waals surface area contributed by atoms with Gasteiger partial charge in [-0.3, -0.25) is 18.9 Å². The van der Waals surface area contributed by atoms with Gasteiger partial charge in [-0.05, 0) is 18.6 Å². The summed E-state index contributed by atoms with van der Waals surface area (Å²) in [6.45, 7) is 6.04. The molecule has 0 atom stereocenters. The standard InChI is InChI=1S/C22H23N7O2S/c1-2-16-11-19(30)26-21(24-16)15-3-4-18(23-13-15)28-7-5-27(6-8-28)14-17-12-20(31)29-9-10-32-22(29)25-17/h3-4,9-13H,2,5-8,14H2,1H3,(H,24,26,30). The SMILES string of the molecule is CCc1cc(=O)[nH]c(-c2ccc(N3CCN(Cc4cc(=O)n5ccsc5n4)CC3)nc2)n1. The van der Waals surface area contributed by atoms with Gasteiger partial charge in [-0.1, -0.05) is 6.92 Å². The number of pyridine rings is 1. The number of fused-ring (bicyclic) bond motifs is 1. The summed E-state index contributed by atoms with van der Waals surface area (Å²) >= 11 is 1.47. The van der Waals surface area contributed by atoms with Crippen LogP contribution in [0.1, 0.15) is 18.3 Å². The minimum Gasteiger partial charge on any atom is -0.354 e. The van der Waals surface area contributed by atoms with Crippen molar-refractivity contribution >= 4 is 22.1 Å². The van der Waals surface area contributed by atoms with E-state index >= 15 is 0 Å². The van der Waals surface area contributed by atoms with Crippen LogP contribution in [0.4, 0.5) is 5.82 Å². The Morgan fingerprint density at radius 3 is 2.66 bits per heavy atom. The average Bonchev–Trinajstić information content (AvgIpc) is 3.29. The molecule has 1 aliphatic rings. The van der Waals surface area contributed by atoms with Gasteiger partial charge in [0.05, 0.1) is 5.69 Å². The van der Waals surface area contributed by atoms with Crippen LogP contribution in [0.5, 0.6) is 0 Å².